The first-order chi connectivity index (χ1) is 10.1. The molecular weight excluding hydrogens is 262 g/mol. The molecule has 0 saturated carbocycles. The van der Waals surface area contributed by atoms with Crippen LogP contribution in [0.25, 0.3) is 10.8 Å². The SMILES string of the molecule is CCCOc1ccc2ccccc2c1CNC(C)(C)CO. The molecule has 0 aliphatic heterocycles. The van der Waals surface area contributed by atoms with Gasteiger partial charge in [0.1, 0.15) is 5.75 Å². The maximum absolute atomic E-state index is 9.40. The summed E-state index contributed by atoms with van der Waals surface area (Å²) in [6, 6.07) is 12.5. The Morgan fingerprint density at radius 3 is 2.62 bits per heavy atom. The van der Waals surface area contributed by atoms with E-state index >= 15 is 0 Å². The highest BCUT2D eigenvalue weighted by atomic mass is 16.5. The average Bonchev–Trinajstić information content (AvgIpc) is 2.51. The number of aliphatic hydroxyl groups is 1. The minimum atomic E-state index is -0.307. The smallest absolute Gasteiger partial charge is 0.124 e. The Balaban J connectivity index is 2.35. The summed E-state index contributed by atoms with van der Waals surface area (Å²) in [5.74, 6) is 0.928. The lowest BCUT2D eigenvalue weighted by Crippen LogP contribution is -2.42. The van der Waals surface area contributed by atoms with Crippen molar-refractivity contribution in [2.75, 3.05) is 13.2 Å². The molecule has 2 rings (SSSR count). The second-order valence-electron chi connectivity index (χ2n) is 6.01. The third-order valence-electron chi connectivity index (χ3n) is 3.60. The minimum absolute atomic E-state index is 0.100. The topological polar surface area (TPSA) is 41.5 Å². The van der Waals surface area contributed by atoms with Crippen molar-refractivity contribution < 1.29 is 9.84 Å². The number of fused-ring (bicyclic) bond motifs is 1. The molecule has 0 aliphatic rings. The third kappa shape index (κ3) is 3.96. The van der Waals surface area contributed by atoms with E-state index in [-0.39, 0.29) is 12.1 Å². The molecule has 0 fully saturated rings. The van der Waals surface area contributed by atoms with E-state index in [0.29, 0.717) is 13.2 Å². The van der Waals surface area contributed by atoms with Crippen LogP contribution in [0.4, 0.5) is 0 Å². The van der Waals surface area contributed by atoms with E-state index in [4.69, 9.17) is 4.74 Å². The van der Waals surface area contributed by atoms with Crippen LogP contribution >= 0.6 is 0 Å². The zero-order chi connectivity index (χ0) is 15.3. The number of benzene rings is 2. The number of hydrogen-bond donors (Lipinski definition) is 2. The van der Waals surface area contributed by atoms with Crippen molar-refractivity contribution in [1.29, 1.82) is 0 Å². The van der Waals surface area contributed by atoms with Crippen LogP contribution < -0.4 is 10.1 Å². The van der Waals surface area contributed by atoms with Crippen molar-refractivity contribution >= 4 is 10.8 Å². The molecule has 0 saturated heterocycles. The van der Waals surface area contributed by atoms with Crippen LogP contribution in [0.1, 0.15) is 32.8 Å². The second kappa shape index (κ2) is 6.92. The predicted octanol–water partition coefficient (Wildman–Crippen LogP) is 3.49. The van der Waals surface area contributed by atoms with Gasteiger partial charge in [-0.05, 0) is 37.1 Å². The van der Waals surface area contributed by atoms with Crippen molar-refractivity contribution in [3.05, 3.63) is 42.0 Å². The molecule has 0 atom stereocenters. The van der Waals surface area contributed by atoms with Gasteiger partial charge in [0.05, 0.1) is 13.2 Å². The van der Waals surface area contributed by atoms with Crippen molar-refractivity contribution in [1.82, 2.24) is 5.32 Å². The van der Waals surface area contributed by atoms with E-state index in [0.717, 1.165) is 17.7 Å². The molecule has 0 heterocycles. The van der Waals surface area contributed by atoms with Gasteiger partial charge in [-0.15, -0.1) is 0 Å². The van der Waals surface area contributed by atoms with E-state index in [9.17, 15) is 5.11 Å². The molecule has 2 aromatic rings. The molecule has 114 valence electrons. The quantitative estimate of drug-likeness (QED) is 0.819. The molecule has 0 bridgehead atoms. The maximum Gasteiger partial charge on any atom is 0.124 e. The lowest BCUT2D eigenvalue weighted by atomic mass is 10.0. The van der Waals surface area contributed by atoms with E-state index in [1.165, 1.54) is 10.8 Å². The van der Waals surface area contributed by atoms with Gasteiger partial charge in [0, 0.05) is 17.6 Å². The minimum Gasteiger partial charge on any atom is -0.493 e. The van der Waals surface area contributed by atoms with Gasteiger partial charge in [-0.3, -0.25) is 0 Å². The Bertz CT molecular complexity index is 593. The van der Waals surface area contributed by atoms with Gasteiger partial charge in [0.15, 0.2) is 0 Å². The number of nitrogens with one attached hydrogen (secondary N) is 1. The highest BCUT2D eigenvalue weighted by Crippen LogP contribution is 2.28. The Morgan fingerprint density at radius 1 is 1.14 bits per heavy atom. The van der Waals surface area contributed by atoms with Crippen LogP contribution in [0.2, 0.25) is 0 Å². The summed E-state index contributed by atoms with van der Waals surface area (Å²) < 4.78 is 5.89. The zero-order valence-electron chi connectivity index (χ0n) is 13.1. The Hall–Kier alpha value is -1.58. The van der Waals surface area contributed by atoms with Gasteiger partial charge < -0.3 is 15.2 Å². The van der Waals surface area contributed by atoms with Gasteiger partial charge in [-0.2, -0.15) is 0 Å². The van der Waals surface area contributed by atoms with Crippen LogP contribution in [0.5, 0.6) is 5.75 Å². The van der Waals surface area contributed by atoms with E-state index in [1.54, 1.807) is 0 Å². The fraction of sp³-hybridized carbons (Fsp3) is 0.444. The Morgan fingerprint density at radius 2 is 1.90 bits per heavy atom. The van der Waals surface area contributed by atoms with Gasteiger partial charge >= 0.3 is 0 Å². The van der Waals surface area contributed by atoms with Crippen LogP contribution in [-0.4, -0.2) is 23.9 Å². The monoisotopic (exact) mass is 287 g/mol. The van der Waals surface area contributed by atoms with Crippen molar-refractivity contribution in [2.45, 2.75) is 39.3 Å². The Kier molecular flexibility index (Phi) is 5.21. The lowest BCUT2D eigenvalue weighted by Gasteiger charge is -2.25. The van der Waals surface area contributed by atoms with Crippen molar-refractivity contribution in [3.63, 3.8) is 0 Å². The summed E-state index contributed by atoms with van der Waals surface area (Å²) in [4.78, 5) is 0. The lowest BCUT2D eigenvalue weighted by molar-refractivity contribution is 0.187. The van der Waals surface area contributed by atoms with Crippen LogP contribution in [-0.2, 0) is 6.54 Å². The molecule has 3 nitrogen and oxygen atoms in total. The van der Waals surface area contributed by atoms with Gasteiger partial charge in [-0.1, -0.05) is 37.3 Å². The van der Waals surface area contributed by atoms with Crippen molar-refractivity contribution in [2.24, 2.45) is 0 Å². The van der Waals surface area contributed by atoms with E-state index in [1.807, 2.05) is 32.0 Å². The molecule has 0 spiro atoms. The average molecular weight is 287 g/mol. The predicted molar refractivity (Wildman–Crippen MR) is 87.7 cm³/mol. The summed E-state index contributed by atoms with van der Waals surface area (Å²) in [5.41, 5.74) is 0.849. The van der Waals surface area contributed by atoms with E-state index in [2.05, 4.69) is 30.4 Å². The first-order valence-electron chi connectivity index (χ1n) is 7.56. The molecule has 0 radical (unpaired) electrons. The summed E-state index contributed by atoms with van der Waals surface area (Å²) in [7, 11) is 0. The molecular formula is C18H25NO2. The third-order valence-corrected chi connectivity index (χ3v) is 3.60. The normalized spacial score (nSPS) is 11.8. The fourth-order valence-electron chi connectivity index (χ4n) is 2.23. The number of aliphatic hydroxyl groups excluding tert-OH is 1. The van der Waals surface area contributed by atoms with Gasteiger partial charge in [0.25, 0.3) is 0 Å². The number of rotatable bonds is 7. The largest absolute Gasteiger partial charge is 0.493 e. The summed E-state index contributed by atoms with van der Waals surface area (Å²) in [6.45, 7) is 7.58. The highest BCUT2D eigenvalue weighted by molar-refractivity contribution is 5.87. The first-order valence-corrected chi connectivity index (χ1v) is 7.56. The fourth-order valence-corrected chi connectivity index (χ4v) is 2.23. The first kappa shape index (κ1) is 15.8. The highest BCUT2D eigenvalue weighted by Gasteiger charge is 2.17. The molecule has 21 heavy (non-hydrogen) atoms. The van der Waals surface area contributed by atoms with Crippen LogP contribution in [0.15, 0.2) is 36.4 Å². The molecule has 0 aliphatic carbocycles. The Labute approximate surface area is 126 Å². The number of ether oxygens (including phenoxy) is 1. The standard InChI is InChI=1S/C18H25NO2/c1-4-11-21-17-10-9-14-7-5-6-8-15(14)16(17)12-19-18(2,3)13-20/h5-10,19-20H,4,11-13H2,1-3H3. The molecule has 0 aromatic heterocycles. The van der Waals surface area contributed by atoms with Crippen LogP contribution in [0, 0.1) is 0 Å². The molecule has 0 amide bonds. The molecule has 2 N–H and O–H groups in total. The van der Waals surface area contributed by atoms with Gasteiger partial charge in [-0.25, -0.2) is 0 Å². The molecule has 3 heteroatoms. The second-order valence-corrected chi connectivity index (χ2v) is 6.01. The van der Waals surface area contributed by atoms with Crippen LogP contribution in [0.3, 0.4) is 0 Å². The molecule has 0 unspecified atom stereocenters. The summed E-state index contributed by atoms with van der Waals surface area (Å²) in [6.07, 6.45) is 0.988. The summed E-state index contributed by atoms with van der Waals surface area (Å²) in [5, 5.41) is 15.2. The van der Waals surface area contributed by atoms with E-state index < -0.39 is 0 Å². The molecule has 2 aromatic carbocycles. The zero-order valence-corrected chi connectivity index (χ0v) is 13.1. The summed E-state index contributed by atoms with van der Waals surface area (Å²) >= 11 is 0. The van der Waals surface area contributed by atoms with Gasteiger partial charge in [0.2, 0.25) is 0 Å². The maximum atomic E-state index is 9.40. The number of hydrogen-bond acceptors (Lipinski definition) is 3. The van der Waals surface area contributed by atoms with Crippen molar-refractivity contribution in [3.8, 4) is 5.75 Å².